The molecule has 1 aliphatic rings. The first-order valence-corrected chi connectivity index (χ1v) is 12.5. The zero-order valence-electron chi connectivity index (χ0n) is 18.0. The van der Waals surface area contributed by atoms with E-state index in [-0.39, 0.29) is 24.1 Å². The molecule has 10 heteroatoms. The average Bonchev–Trinajstić information content (AvgIpc) is 3.29. The van der Waals surface area contributed by atoms with Gasteiger partial charge in [-0.2, -0.15) is 0 Å². The lowest BCUT2D eigenvalue weighted by atomic mass is 10.1. The topological polar surface area (TPSA) is 99.0 Å². The highest BCUT2D eigenvalue weighted by Gasteiger charge is 2.43. The molecule has 2 atom stereocenters. The van der Waals surface area contributed by atoms with E-state index in [2.05, 4.69) is 56.3 Å². The molecule has 2 unspecified atom stereocenters. The minimum absolute atomic E-state index is 0.0997. The van der Waals surface area contributed by atoms with E-state index in [9.17, 15) is 9.59 Å². The molecule has 0 bridgehead atoms. The summed E-state index contributed by atoms with van der Waals surface area (Å²) in [5.41, 5.74) is 1.92. The number of nitrogens with one attached hydrogen (secondary N) is 1. The minimum Gasteiger partial charge on any atom is -0.466 e. The van der Waals surface area contributed by atoms with Crippen LogP contribution < -0.4 is 5.32 Å². The van der Waals surface area contributed by atoms with Crippen molar-refractivity contribution < 1.29 is 14.3 Å². The number of hydrogen-bond donors (Lipinski definition) is 1. The van der Waals surface area contributed by atoms with Gasteiger partial charge in [0.05, 0.1) is 24.5 Å². The van der Waals surface area contributed by atoms with Crippen LogP contribution in [0.2, 0.25) is 0 Å². The molecule has 1 aromatic carbocycles. The number of rotatable bonds is 10. The second kappa shape index (κ2) is 10.3. The van der Waals surface area contributed by atoms with Gasteiger partial charge in [0.1, 0.15) is 5.82 Å². The molecule has 4 rings (SSSR count). The number of carbonyl (C=O) groups excluding carboxylic acids is 2. The van der Waals surface area contributed by atoms with Gasteiger partial charge in [0.25, 0.3) is 0 Å². The normalized spacial score (nSPS) is 17.2. The van der Waals surface area contributed by atoms with Crippen LogP contribution >= 0.6 is 23.1 Å². The van der Waals surface area contributed by atoms with Gasteiger partial charge in [-0.15, -0.1) is 21.5 Å². The maximum atomic E-state index is 12.4. The number of hydrogen-bond acceptors (Lipinski definition) is 8. The van der Waals surface area contributed by atoms with Gasteiger partial charge in [0, 0.05) is 17.8 Å². The summed E-state index contributed by atoms with van der Waals surface area (Å²) >= 11 is 2.65. The quantitative estimate of drug-likeness (QED) is 0.354. The van der Waals surface area contributed by atoms with Crippen LogP contribution in [-0.4, -0.2) is 44.0 Å². The molecule has 3 aromatic rings. The van der Waals surface area contributed by atoms with E-state index in [0.717, 1.165) is 23.9 Å². The summed E-state index contributed by atoms with van der Waals surface area (Å²) in [6, 6.07) is 10.5. The van der Waals surface area contributed by atoms with Crippen LogP contribution in [0.1, 0.15) is 49.2 Å². The van der Waals surface area contributed by atoms with Crippen molar-refractivity contribution >= 4 is 40.1 Å². The number of amides is 1. The molecule has 0 spiro atoms. The lowest BCUT2D eigenvalue weighted by Gasteiger charge is -2.07. The molecule has 2 aromatic heterocycles. The molecule has 1 N–H and O–H groups in total. The van der Waals surface area contributed by atoms with E-state index in [1.165, 1.54) is 28.7 Å². The summed E-state index contributed by atoms with van der Waals surface area (Å²) in [6.07, 6.45) is 1.17. The molecule has 8 nitrogen and oxygen atoms in total. The van der Waals surface area contributed by atoms with Crippen LogP contribution in [0.3, 0.4) is 0 Å². The van der Waals surface area contributed by atoms with Crippen molar-refractivity contribution in [2.45, 2.75) is 50.2 Å². The van der Waals surface area contributed by atoms with Crippen molar-refractivity contribution in [2.75, 3.05) is 17.7 Å². The number of aromatic nitrogens is 4. The summed E-state index contributed by atoms with van der Waals surface area (Å²) in [4.78, 5) is 28.2. The predicted octanol–water partition coefficient (Wildman–Crippen LogP) is 3.86. The molecule has 168 valence electrons. The van der Waals surface area contributed by atoms with E-state index in [1.54, 1.807) is 12.3 Å². The average molecular weight is 472 g/mol. The highest BCUT2D eigenvalue weighted by atomic mass is 32.2. The molecule has 32 heavy (non-hydrogen) atoms. The minimum atomic E-state index is -0.328. The SMILES string of the molecule is CCOC(=O)Cc1csc(NC(=O)CSc2nnc(C3CC3c3ccccc3)n2CC)n1. The van der Waals surface area contributed by atoms with Crippen LogP contribution in [0.4, 0.5) is 5.13 Å². The molecule has 0 saturated heterocycles. The number of carbonyl (C=O) groups is 2. The lowest BCUT2D eigenvalue weighted by Crippen LogP contribution is -2.15. The number of ether oxygens (including phenoxy) is 1. The van der Waals surface area contributed by atoms with Crippen LogP contribution in [0.15, 0.2) is 40.9 Å². The Morgan fingerprint density at radius 2 is 2.03 bits per heavy atom. The molecular formula is C22H25N5O3S2. The summed E-state index contributed by atoms with van der Waals surface area (Å²) in [5.74, 6) is 1.56. The summed E-state index contributed by atoms with van der Waals surface area (Å²) in [6.45, 7) is 4.92. The van der Waals surface area contributed by atoms with E-state index in [4.69, 9.17) is 4.74 Å². The number of nitrogens with zero attached hydrogens (tertiary/aromatic N) is 4. The fraction of sp³-hybridized carbons (Fsp3) is 0.409. The Labute approximate surface area is 194 Å². The maximum absolute atomic E-state index is 12.4. The second-order valence-electron chi connectivity index (χ2n) is 7.41. The smallest absolute Gasteiger partial charge is 0.311 e. The van der Waals surface area contributed by atoms with E-state index in [0.29, 0.717) is 29.3 Å². The van der Waals surface area contributed by atoms with Crippen molar-refractivity contribution in [1.29, 1.82) is 0 Å². The Hall–Kier alpha value is -2.72. The van der Waals surface area contributed by atoms with Gasteiger partial charge in [-0.05, 0) is 31.7 Å². The molecule has 1 aliphatic carbocycles. The Balaban J connectivity index is 1.31. The first-order valence-electron chi connectivity index (χ1n) is 10.6. The van der Waals surface area contributed by atoms with E-state index < -0.39 is 0 Å². The van der Waals surface area contributed by atoms with Gasteiger partial charge in [-0.25, -0.2) is 4.98 Å². The largest absolute Gasteiger partial charge is 0.466 e. The van der Waals surface area contributed by atoms with Crippen molar-refractivity contribution in [1.82, 2.24) is 19.7 Å². The molecule has 0 radical (unpaired) electrons. The lowest BCUT2D eigenvalue weighted by molar-refractivity contribution is -0.142. The Morgan fingerprint density at radius 1 is 1.22 bits per heavy atom. The van der Waals surface area contributed by atoms with Crippen molar-refractivity contribution in [3.05, 3.63) is 52.8 Å². The molecule has 1 amide bonds. The standard InChI is InChI=1S/C22H25N5O3S2/c1-3-27-20(17-11-16(17)14-8-6-5-7-9-14)25-26-22(27)32-13-18(28)24-21-23-15(12-31-21)10-19(29)30-4-2/h5-9,12,16-17H,3-4,10-11,13H2,1-2H3,(H,23,24,28). The van der Waals surface area contributed by atoms with E-state index >= 15 is 0 Å². The predicted molar refractivity (Wildman–Crippen MR) is 124 cm³/mol. The fourth-order valence-corrected chi connectivity index (χ4v) is 5.15. The zero-order chi connectivity index (χ0) is 22.5. The number of benzene rings is 1. The van der Waals surface area contributed by atoms with Gasteiger partial charge in [-0.1, -0.05) is 42.1 Å². The third-order valence-corrected chi connectivity index (χ3v) is 6.95. The van der Waals surface area contributed by atoms with Crippen molar-refractivity contribution in [2.24, 2.45) is 0 Å². The summed E-state index contributed by atoms with van der Waals surface area (Å²) in [7, 11) is 0. The Morgan fingerprint density at radius 3 is 2.78 bits per heavy atom. The van der Waals surface area contributed by atoms with Crippen molar-refractivity contribution in [3.63, 3.8) is 0 Å². The number of thiazole rings is 1. The number of anilines is 1. The first-order chi connectivity index (χ1) is 15.6. The van der Waals surface area contributed by atoms with Gasteiger partial charge in [0.2, 0.25) is 5.91 Å². The van der Waals surface area contributed by atoms with Crippen molar-refractivity contribution in [3.8, 4) is 0 Å². The molecular weight excluding hydrogens is 446 g/mol. The van der Waals surface area contributed by atoms with E-state index in [1.807, 2.05) is 6.07 Å². The summed E-state index contributed by atoms with van der Waals surface area (Å²) < 4.78 is 7.02. The van der Waals surface area contributed by atoms with Gasteiger partial charge >= 0.3 is 5.97 Å². The molecule has 2 heterocycles. The fourth-order valence-electron chi connectivity index (χ4n) is 3.62. The van der Waals surface area contributed by atoms with Crippen LogP contribution in [0.5, 0.6) is 0 Å². The maximum Gasteiger partial charge on any atom is 0.311 e. The Bertz CT molecular complexity index is 1080. The zero-order valence-corrected chi connectivity index (χ0v) is 19.6. The van der Waals surface area contributed by atoms with Crippen LogP contribution in [-0.2, 0) is 27.3 Å². The van der Waals surface area contributed by atoms with Crippen LogP contribution in [0, 0.1) is 0 Å². The molecule has 1 saturated carbocycles. The number of thioether (sulfide) groups is 1. The first kappa shape index (κ1) is 22.5. The third kappa shape index (κ3) is 5.36. The molecule has 1 fully saturated rings. The monoisotopic (exact) mass is 471 g/mol. The summed E-state index contributed by atoms with van der Waals surface area (Å²) in [5, 5.41) is 14.5. The third-order valence-electron chi connectivity index (χ3n) is 5.17. The van der Waals surface area contributed by atoms with Gasteiger partial charge in [0.15, 0.2) is 10.3 Å². The molecule has 0 aliphatic heterocycles. The van der Waals surface area contributed by atoms with Crippen LogP contribution in [0.25, 0.3) is 0 Å². The van der Waals surface area contributed by atoms with Gasteiger partial charge < -0.3 is 14.6 Å². The number of esters is 1. The Kier molecular flexibility index (Phi) is 7.21. The second-order valence-corrected chi connectivity index (χ2v) is 9.21. The highest BCUT2D eigenvalue weighted by Crippen LogP contribution is 2.54. The van der Waals surface area contributed by atoms with Gasteiger partial charge in [-0.3, -0.25) is 9.59 Å². The highest BCUT2D eigenvalue weighted by molar-refractivity contribution is 7.99.